The van der Waals surface area contributed by atoms with Crippen molar-refractivity contribution >= 4 is 0 Å². The summed E-state index contributed by atoms with van der Waals surface area (Å²) >= 11 is 0. The third-order valence-electron chi connectivity index (χ3n) is 3.86. The Bertz CT molecular complexity index is 426. The van der Waals surface area contributed by atoms with Crippen LogP contribution in [-0.2, 0) is 12.7 Å². The molecule has 1 N–H and O–H groups in total. The van der Waals surface area contributed by atoms with Crippen LogP contribution in [-0.4, -0.2) is 31.1 Å². The average Bonchev–Trinajstić information content (AvgIpc) is 2.47. The molecule has 0 bridgehead atoms. The van der Waals surface area contributed by atoms with Gasteiger partial charge in [-0.25, -0.2) is 0 Å². The Kier molecular flexibility index (Phi) is 6.06. The van der Waals surface area contributed by atoms with Crippen LogP contribution in [0.25, 0.3) is 0 Å². The minimum atomic E-state index is -4.26. The van der Waals surface area contributed by atoms with Crippen molar-refractivity contribution in [2.75, 3.05) is 26.2 Å². The van der Waals surface area contributed by atoms with Crippen LogP contribution in [0.4, 0.5) is 13.2 Å². The Labute approximate surface area is 124 Å². The summed E-state index contributed by atoms with van der Waals surface area (Å²) in [4.78, 5) is 2.47. The maximum Gasteiger partial charge on any atom is 0.416 e. The summed E-state index contributed by atoms with van der Waals surface area (Å²) in [6.45, 7) is 4.79. The Hall–Kier alpha value is -1.07. The van der Waals surface area contributed by atoms with Gasteiger partial charge in [-0.1, -0.05) is 24.6 Å². The third kappa shape index (κ3) is 5.67. The first-order chi connectivity index (χ1) is 10.1. The number of piperidine rings is 1. The van der Waals surface area contributed by atoms with E-state index in [-0.39, 0.29) is 0 Å². The van der Waals surface area contributed by atoms with Gasteiger partial charge in [0.25, 0.3) is 0 Å². The van der Waals surface area contributed by atoms with E-state index in [1.807, 2.05) is 0 Å². The van der Waals surface area contributed by atoms with Crippen molar-refractivity contribution in [2.45, 2.75) is 38.4 Å². The topological polar surface area (TPSA) is 15.3 Å². The van der Waals surface area contributed by atoms with Crippen molar-refractivity contribution in [3.8, 4) is 0 Å². The lowest BCUT2D eigenvalue weighted by molar-refractivity contribution is -0.137. The molecule has 0 atom stereocenters. The zero-order chi connectivity index (χ0) is 15.1. The van der Waals surface area contributed by atoms with Crippen LogP contribution in [0, 0.1) is 0 Å². The number of benzene rings is 1. The summed E-state index contributed by atoms with van der Waals surface area (Å²) in [5, 5.41) is 3.23. The largest absolute Gasteiger partial charge is 0.416 e. The summed E-state index contributed by atoms with van der Waals surface area (Å²) in [6.07, 6.45) is 0.697. The second-order valence-corrected chi connectivity index (χ2v) is 5.63. The molecule has 0 aromatic heterocycles. The number of rotatable bonds is 6. The molecule has 1 aromatic carbocycles. The summed E-state index contributed by atoms with van der Waals surface area (Å²) in [7, 11) is 0. The number of alkyl halides is 3. The minimum absolute atomic E-state index is 0.490. The normalized spacial score (nSPS) is 17.1. The fraction of sp³-hybridized carbons (Fsp3) is 0.625. The van der Waals surface area contributed by atoms with Crippen LogP contribution in [0.2, 0.25) is 0 Å². The summed E-state index contributed by atoms with van der Waals surface area (Å²) < 4.78 is 37.8. The van der Waals surface area contributed by atoms with Gasteiger partial charge in [0, 0.05) is 6.54 Å². The van der Waals surface area contributed by atoms with Crippen LogP contribution in [0.5, 0.6) is 0 Å². The Balaban J connectivity index is 1.66. The molecule has 1 aromatic rings. The second kappa shape index (κ2) is 7.80. The first-order valence-electron chi connectivity index (χ1n) is 7.65. The molecule has 1 fully saturated rings. The van der Waals surface area contributed by atoms with E-state index in [9.17, 15) is 13.2 Å². The average molecular weight is 300 g/mol. The Morgan fingerprint density at radius 2 is 1.86 bits per heavy atom. The minimum Gasteiger partial charge on any atom is -0.313 e. The van der Waals surface area contributed by atoms with E-state index in [4.69, 9.17) is 0 Å². The molecule has 2 nitrogen and oxygen atoms in total. The van der Waals surface area contributed by atoms with Crippen molar-refractivity contribution < 1.29 is 13.2 Å². The number of hydrogen-bond acceptors (Lipinski definition) is 2. The molecule has 0 radical (unpaired) electrons. The molecule has 1 aliphatic heterocycles. The van der Waals surface area contributed by atoms with Crippen LogP contribution in [0.15, 0.2) is 24.3 Å². The van der Waals surface area contributed by atoms with Crippen molar-refractivity contribution in [3.05, 3.63) is 35.4 Å². The first kappa shape index (κ1) is 16.3. The number of nitrogens with zero attached hydrogens (tertiary/aromatic N) is 1. The van der Waals surface area contributed by atoms with E-state index >= 15 is 0 Å². The fourth-order valence-electron chi connectivity index (χ4n) is 2.70. The predicted octanol–water partition coefficient (Wildman–Crippen LogP) is 3.67. The van der Waals surface area contributed by atoms with Gasteiger partial charge in [-0.2, -0.15) is 13.2 Å². The highest BCUT2D eigenvalue weighted by atomic mass is 19.4. The molecule has 21 heavy (non-hydrogen) atoms. The van der Waals surface area contributed by atoms with Crippen LogP contribution < -0.4 is 5.32 Å². The van der Waals surface area contributed by atoms with Gasteiger partial charge in [0.05, 0.1) is 5.56 Å². The van der Waals surface area contributed by atoms with E-state index in [1.54, 1.807) is 6.07 Å². The SMILES string of the molecule is FC(F)(F)c1cccc(CNCCCN2CCCCC2)c1. The van der Waals surface area contributed by atoms with Gasteiger partial charge >= 0.3 is 6.18 Å². The van der Waals surface area contributed by atoms with Gasteiger partial charge < -0.3 is 10.2 Å². The highest BCUT2D eigenvalue weighted by Gasteiger charge is 2.30. The van der Waals surface area contributed by atoms with Crippen LogP contribution >= 0.6 is 0 Å². The highest BCUT2D eigenvalue weighted by Crippen LogP contribution is 2.29. The molecule has 1 aliphatic rings. The van der Waals surface area contributed by atoms with Crippen molar-refractivity contribution in [2.24, 2.45) is 0 Å². The van der Waals surface area contributed by atoms with Crippen molar-refractivity contribution in [1.29, 1.82) is 0 Å². The van der Waals surface area contributed by atoms with Gasteiger partial charge in [-0.15, -0.1) is 0 Å². The second-order valence-electron chi connectivity index (χ2n) is 5.63. The van der Waals surface area contributed by atoms with Crippen LogP contribution in [0.1, 0.15) is 36.8 Å². The summed E-state index contributed by atoms with van der Waals surface area (Å²) in [6, 6.07) is 5.53. The zero-order valence-electron chi connectivity index (χ0n) is 12.3. The highest BCUT2D eigenvalue weighted by molar-refractivity contribution is 5.25. The van der Waals surface area contributed by atoms with Crippen molar-refractivity contribution in [3.63, 3.8) is 0 Å². The molecule has 1 saturated heterocycles. The van der Waals surface area contributed by atoms with Crippen molar-refractivity contribution in [1.82, 2.24) is 10.2 Å². The van der Waals surface area contributed by atoms with Gasteiger partial charge in [0.15, 0.2) is 0 Å². The lowest BCUT2D eigenvalue weighted by Gasteiger charge is -2.26. The number of likely N-dealkylation sites (tertiary alicyclic amines) is 1. The lowest BCUT2D eigenvalue weighted by atomic mass is 10.1. The quantitative estimate of drug-likeness (QED) is 0.806. The van der Waals surface area contributed by atoms with E-state index in [1.165, 1.54) is 44.5 Å². The molecule has 5 heteroatoms. The van der Waals surface area contributed by atoms with E-state index in [0.29, 0.717) is 12.1 Å². The Morgan fingerprint density at radius 3 is 2.57 bits per heavy atom. The smallest absolute Gasteiger partial charge is 0.313 e. The number of nitrogens with one attached hydrogen (secondary N) is 1. The molecule has 0 spiro atoms. The number of halogens is 3. The van der Waals surface area contributed by atoms with E-state index in [2.05, 4.69) is 10.2 Å². The van der Waals surface area contributed by atoms with Crippen LogP contribution in [0.3, 0.4) is 0 Å². The van der Waals surface area contributed by atoms with Gasteiger partial charge in [-0.3, -0.25) is 0 Å². The summed E-state index contributed by atoms with van der Waals surface area (Å²) in [5.74, 6) is 0. The molecule has 118 valence electrons. The predicted molar refractivity (Wildman–Crippen MR) is 78.1 cm³/mol. The monoisotopic (exact) mass is 300 g/mol. The molecule has 0 aliphatic carbocycles. The summed E-state index contributed by atoms with van der Waals surface area (Å²) in [5.41, 5.74) is 0.109. The lowest BCUT2D eigenvalue weighted by Crippen LogP contribution is -2.32. The fourth-order valence-corrected chi connectivity index (χ4v) is 2.70. The molecular weight excluding hydrogens is 277 g/mol. The maximum atomic E-state index is 12.6. The molecule has 0 unspecified atom stereocenters. The molecular formula is C16H23F3N2. The molecule has 0 saturated carbocycles. The van der Waals surface area contributed by atoms with Gasteiger partial charge in [0.1, 0.15) is 0 Å². The molecule has 2 rings (SSSR count). The van der Waals surface area contributed by atoms with E-state index in [0.717, 1.165) is 25.6 Å². The maximum absolute atomic E-state index is 12.6. The first-order valence-corrected chi connectivity index (χ1v) is 7.65. The third-order valence-corrected chi connectivity index (χ3v) is 3.86. The zero-order valence-corrected chi connectivity index (χ0v) is 12.3. The Morgan fingerprint density at radius 1 is 1.10 bits per heavy atom. The van der Waals surface area contributed by atoms with Gasteiger partial charge in [0.2, 0.25) is 0 Å². The van der Waals surface area contributed by atoms with Gasteiger partial charge in [-0.05, 0) is 57.1 Å². The standard InChI is InChI=1S/C16H23F3N2/c17-16(18,19)15-7-4-6-14(12-15)13-20-8-5-11-21-9-2-1-3-10-21/h4,6-7,12,20H,1-3,5,8-11,13H2. The molecule has 0 amide bonds. The number of hydrogen-bond donors (Lipinski definition) is 1. The van der Waals surface area contributed by atoms with E-state index < -0.39 is 11.7 Å². The molecule has 1 heterocycles.